The van der Waals surface area contributed by atoms with E-state index < -0.39 is 23.9 Å². The highest BCUT2D eigenvalue weighted by molar-refractivity contribution is 6.31. The molecule has 0 unspecified atom stereocenters. The van der Waals surface area contributed by atoms with Gasteiger partial charge in [-0.2, -0.15) is 5.10 Å². The molecule has 41 heavy (non-hydrogen) atoms. The van der Waals surface area contributed by atoms with Crippen molar-refractivity contribution >= 4 is 58.9 Å². The number of amides is 1. The van der Waals surface area contributed by atoms with Crippen LogP contribution in [-0.2, 0) is 4.79 Å². The summed E-state index contributed by atoms with van der Waals surface area (Å²) in [5.74, 6) is -1.26. The Morgan fingerprint density at radius 1 is 0.707 bits per heavy atom. The first kappa shape index (κ1) is 29.6. The number of ether oxygens (including phenoxy) is 3. The van der Waals surface area contributed by atoms with Gasteiger partial charge in [0, 0.05) is 26.7 Å². The number of halogens is 3. The highest BCUT2D eigenvalue weighted by Gasteiger charge is 2.16. The molecule has 0 aliphatic rings. The van der Waals surface area contributed by atoms with Crippen molar-refractivity contribution in [2.75, 3.05) is 0 Å². The van der Waals surface area contributed by atoms with Crippen LogP contribution in [0.3, 0.4) is 0 Å². The van der Waals surface area contributed by atoms with Crippen LogP contribution in [0.2, 0.25) is 15.1 Å². The van der Waals surface area contributed by atoms with E-state index in [1.807, 2.05) is 0 Å². The average Bonchev–Trinajstić information content (AvgIpc) is 2.96. The molecule has 8 nitrogen and oxygen atoms in total. The normalized spacial score (nSPS) is 11.5. The number of carbonyl (C=O) groups is 3. The van der Waals surface area contributed by atoms with Gasteiger partial charge in [0.1, 0.15) is 17.2 Å². The Kier molecular flexibility index (Phi) is 9.97. The first-order valence-electron chi connectivity index (χ1n) is 12.0. The van der Waals surface area contributed by atoms with Gasteiger partial charge in [0.15, 0.2) is 6.10 Å². The smallest absolute Gasteiger partial charge is 0.343 e. The molecule has 0 saturated carbocycles. The highest BCUT2D eigenvalue weighted by Crippen LogP contribution is 2.26. The van der Waals surface area contributed by atoms with Crippen molar-refractivity contribution in [1.82, 2.24) is 5.43 Å². The minimum absolute atomic E-state index is 0.0230. The molecule has 0 radical (unpaired) electrons. The summed E-state index contributed by atoms with van der Waals surface area (Å²) >= 11 is 17.7. The summed E-state index contributed by atoms with van der Waals surface area (Å²) in [5, 5.41) is 5.43. The molecule has 11 heteroatoms. The van der Waals surface area contributed by atoms with Crippen LogP contribution in [0, 0.1) is 0 Å². The maximum atomic E-state index is 12.8. The zero-order valence-corrected chi connectivity index (χ0v) is 23.6. The van der Waals surface area contributed by atoms with Gasteiger partial charge in [-0.15, -0.1) is 0 Å². The zero-order valence-electron chi connectivity index (χ0n) is 21.3. The van der Waals surface area contributed by atoms with Crippen LogP contribution in [-0.4, -0.2) is 30.2 Å². The summed E-state index contributed by atoms with van der Waals surface area (Å²) in [5.41, 5.74) is 3.21. The van der Waals surface area contributed by atoms with Crippen LogP contribution < -0.4 is 19.6 Å². The van der Waals surface area contributed by atoms with Crippen molar-refractivity contribution in [3.63, 3.8) is 0 Å². The Hall–Kier alpha value is -4.37. The molecule has 0 aromatic heterocycles. The Bertz CT molecular complexity index is 1570. The lowest BCUT2D eigenvalue weighted by Crippen LogP contribution is -2.33. The number of hydrogen-bond donors (Lipinski definition) is 1. The molecule has 1 atom stereocenters. The van der Waals surface area contributed by atoms with Crippen LogP contribution >= 0.6 is 34.8 Å². The van der Waals surface area contributed by atoms with Gasteiger partial charge in [-0.25, -0.2) is 15.0 Å². The van der Waals surface area contributed by atoms with Crippen LogP contribution in [0.15, 0.2) is 96.1 Å². The lowest BCUT2D eigenvalue weighted by molar-refractivity contribution is -0.127. The van der Waals surface area contributed by atoms with Crippen LogP contribution in [0.5, 0.6) is 17.2 Å². The molecule has 0 aliphatic carbocycles. The fourth-order valence-corrected chi connectivity index (χ4v) is 3.68. The SMILES string of the molecule is C[C@@H](Oc1ccc(Cl)cc1)C(=O)N/N=C\c1ccc(OC(=O)c2ccc(Cl)cc2)cc1OC(=O)c1ccc(Cl)cc1. The molecule has 0 heterocycles. The number of nitrogens with one attached hydrogen (secondary N) is 1. The first-order chi connectivity index (χ1) is 19.7. The molecule has 4 aromatic rings. The van der Waals surface area contributed by atoms with Gasteiger partial charge >= 0.3 is 11.9 Å². The van der Waals surface area contributed by atoms with Crippen molar-refractivity contribution in [2.24, 2.45) is 5.10 Å². The quantitative estimate of drug-likeness (QED) is 0.0946. The average molecular weight is 612 g/mol. The van der Waals surface area contributed by atoms with Gasteiger partial charge < -0.3 is 14.2 Å². The standard InChI is InChI=1S/C30H21Cl3N2O6/c1-18(39-25-14-11-24(33)12-15-25)28(36)35-34-17-21-6-13-26(40-29(37)19-2-7-22(31)8-3-19)16-27(21)41-30(38)20-4-9-23(32)10-5-20/h2-18H,1H3,(H,35,36)/b34-17-/t18-/m1/s1. The first-order valence-corrected chi connectivity index (χ1v) is 13.2. The largest absolute Gasteiger partial charge is 0.481 e. The number of nitrogens with zero attached hydrogens (tertiary/aromatic N) is 1. The molecular weight excluding hydrogens is 591 g/mol. The third-order valence-electron chi connectivity index (χ3n) is 5.43. The van der Waals surface area contributed by atoms with E-state index in [-0.39, 0.29) is 22.6 Å². The molecule has 208 valence electrons. The summed E-state index contributed by atoms with van der Waals surface area (Å²) in [4.78, 5) is 37.9. The molecule has 1 amide bonds. The minimum Gasteiger partial charge on any atom is -0.481 e. The summed E-state index contributed by atoms with van der Waals surface area (Å²) in [7, 11) is 0. The Morgan fingerprint density at radius 3 is 1.76 bits per heavy atom. The summed E-state index contributed by atoms with van der Waals surface area (Å²) in [6.45, 7) is 1.56. The van der Waals surface area contributed by atoms with E-state index in [0.29, 0.717) is 26.4 Å². The van der Waals surface area contributed by atoms with Crippen molar-refractivity contribution < 1.29 is 28.6 Å². The molecule has 1 N–H and O–H groups in total. The maximum Gasteiger partial charge on any atom is 0.343 e. The predicted octanol–water partition coefficient (Wildman–Crippen LogP) is 7.00. The maximum absolute atomic E-state index is 12.8. The van der Waals surface area contributed by atoms with E-state index in [2.05, 4.69) is 10.5 Å². The van der Waals surface area contributed by atoms with E-state index in [1.54, 1.807) is 55.5 Å². The summed E-state index contributed by atoms with van der Waals surface area (Å²) in [6.07, 6.45) is 0.410. The molecule has 0 aliphatic heterocycles. The van der Waals surface area contributed by atoms with Crippen molar-refractivity contribution in [1.29, 1.82) is 0 Å². The fourth-order valence-electron chi connectivity index (χ4n) is 3.30. The minimum atomic E-state index is -0.870. The number of rotatable bonds is 9. The van der Waals surface area contributed by atoms with E-state index in [9.17, 15) is 14.4 Å². The van der Waals surface area contributed by atoms with Crippen molar-refractivity contribution in [3.8, 4) is 17.2 Å². The number of benzene rings is 4. The van der Waals surface area contributed by atoms with E-state index in [1.165, 1.54) is 48.7 Å². The predicted molar refractivity (Wildman–Crippen MR) is 157 cm³/mol. The van der Waals surface area contributed by atoms with Gasteiger partial charge in [0.05, 0.1) is 17.3 Å². The lowest BCUT2D eigenvalue weighted by Gasteiger charge is -2.13. The molecule has 4 rings (SSSR count). The lowest BCUT2D eigenvalue weighted by atomic mass is 10.2. The molecular formula is C30H21Cl3N2O6. The second-order valence-electron chi connectivity index (χ2n) is 8.44. The number of hydrogen-bond acceptors (Lipinski definition) is 7. The van der Waals surface area contributed by atoms with Gasteiger partial charge in [0.2, 0.25) is 0 Å². The van der Waals surface area contributed by atoms with Gasteiger partial charge in [-0.05, 0) is 91.9 Å². The Labute approximate surface area is 250 Å². The molecule has 0 saturated heterocycles. The van der Waals surface area contributed by atoms with E-state index in [0.717, 1.165) is 0 Å². The van der Waals surface area contributed by atoms with Crippen LogP contribution in [0.4, 0.5) is 0 Å². The van der Waals surface area contributed by atoms with E-state index in [4.69, 9.17) is 49.0 Å². The van der Waals surface area contributed by atoms with Crippen LogP contribution in [0.25, 0.3) is 0 Å². The zero-order chi connectivity index (χ0) is 29.4. The van der Waals surface area contributed by atoms with Crippen molar-refractivity contribution in [2.45, 2.75) is 13.0 Å². The van der Waals surface area contributed by atoms with Gasteiger partial charge in [-0.3, -0.25) is 4.79 Å². The number of esters is 2. The highest BCUT2D eigenvalue weighted by atomic mass is 35.5. The molecule has 0 fully saturated rings. The topological polar surface area (TPSA) is 103 Å². The van der Waals surface area contributed by atoms with E-state index >= 15 is 0 Å². The van der Waals surface area contributed by atoms with Crippen LogP contribution in [0.1, 0.15) is 33.2 Å². The number of carbonyl (C=O) groups excluding carboxylic acids is 3. The van der Waals surface area contributed by atoms with Gasteiger partial charge in [0.25, 0.3) is 5.91 Å². The van der Waals surface area contributed by atoms with Gasteiger partial charge in [-0.1, -0.05) is 34.8 Å². The molecule has 0 spiro atoms. The Morgan fingerprint density at radius 2 is 1.20 bits per heavy atom. The fraction of sp³-hybridized carbons (Fsp3) is 0.0667. The molecule has 4 aromatic carbocycles. The molecule has 0 bridgehead atoms. The third kappa shape index (κ3) is 8.56. The summed E-state index contributed by atoms with van der Waals surface area (Å²) in [6, 6.07) is 23.2. The third-order valence-corrected chi connectivity index (χ3v) is 6.19. The second-order valence-corrected chi connectivity index (χ2v) is 9.75. The van der Waals surface area contributed by atoms with Crippen molar-refractivity contribution in [3.05, 3.63) is 123 Å². The summed E-state index contributed by atoms with van der Waals surface area (Å²) < 4.78 is 16.6. The number of hydrazone groups is 1. The Balaban J connectivity index is 1.50. The monoisotopic (exact) mass is 610 g/mol. The second kappa shape index (κ2) is 13.8.